The second-order valence-electron chi connectivity index (χ2n) is 10.5. The van der Waals surface area contributed by atoms with E-state index in [0.717, 1.165) is 30.7 Å². The molecule has 0 unspecified atom stereocenters. The van der Waals surface area contributed by atoms with E-state index in [0.29, 0.717) is 37.5 Å². The molecule has 2 atom stereocenters. The Morgan fingerprint density at radius 1 is 1.17 bits per heavy atom. The highest BCUT2D eigenvalue weighted by molar-refractivity contribution is 7.23. The third-order valence-corrected chi connectivity index (χ3v) is 9.42. The molecule has 41 heavy (non-hydrogen) atoms. The average Bonchev–Trinajstić information content (AvgIpc) is 3.42. The predicted octanol–water partition coefficient (Wildman–Crippen LogP) is 4.97. The number of nitrogen functional groups attached to an aromatic ring is 1. The number of anilines is 2. The lowest BCUT2D eigenvalue weighted by Gasteiger charge is -2.24. The summed E-state index contributed by atoms with van der Waals surface area (Å²) in [5, 5.41) is 10.5. The van der Waals surface area contributed by atoms with E-state index in [1.54, 1.807) is 0 Å². The Hall–Kier alpha value is -3.50. The van der Waals surface area contributed by atoms with Crippen molar-refractivity contribution in [1.29, 1.82) is 5.26 Å². The highest BCUT2D eigenvalue weighted by Gasteiger charge is 2.34. The first-order chi connectivity index (χ1) is 19.9. The maximum absolute atomic E-state index is 16.8. The molecule has 1 saturated heterocycles. The van der Waals surface area contributed by atoms with Crippen molar-refractivity contribution in [2.24, 2.45) is 0 Å². The molecule has 0 radical (unpaired) electrons. The molecule has 13 heteroatoms. The van der Waals surface area contributed by atoms with Crippen LogP contribution in [0.25, 0.3) is 32.1 Å². The van der Waals surface area contributed by atoms with Gasteiger partial charge in [-0.25, -0.2) is 8.78 Å². The summed E-state index contributed by atoms with van der Waals surface area (Å²) in [6.07, 6.45) is 1.67. The third-order valence-electron chi connectivity index (χ3n) is 8.03. The van der Waals surface area contributed by atoms with Crippen molar-refractivity contribution in [3.05, 3.63) is 34.4 Å². The van der Waals surface area contributed by atoms with Gasteiger partial charge in [0.05, 0.1) is 33.3 Å². The number of nitriles is 1. The summed E-state index contributed by atoms with van der Waals surface area (Å²) in [5.74, 6) is -0.630. The van der Waals surface area contributed by atoms with Crippen LogP contribution in [0.4, 0.5) is 19.6 Å². The Kier molecular flexibility index (Phi) is 6.50. The fourth-order valence-corrected chi connectivity index (χ4v) is 7.29. The van der Waals surface area contributed by atoms with Crippen LogP contribution in [-0.4, -0.2) is 73.5 Å². The van der Waals surface area contributed by atoms with Gasteiger partial charge in [-0.05, 0) is 31.5 Å². The second kappa shape index (κ2) is 10.1. The van der Waals surface area contributed by atoms with Crippen molar-refractivity contribution in [2.45, 2.75) is 25.0 Å². The van der Waals surface area contributed by atoms with Gasteiger partial charge in [0.15, 0.2) is 11.6 Å². The van der Waals surface area contributed by atoms with Gasteiger partial charge in [-0.2, -0.15) is 15.2 Å². The number of nitrogens with zero attached hydrogens (tertiary/aromatic N) is 5. The minimum atomic E-state index is -0.750. The monoisotopic (exact) mass is 598 g/mol. The molecule has 3 aliphatic heterocycles. The minimum absolute atomic E-state index is 0.0166. The topological polar surface area (TPSA) is 110 Å². The number of ether oxygens (including phenoxy) is 3. The number of benzene rings is 2. The Morgan fingerprint density at radius 2 is 2.02 bits per heavy atom. The zero-order valence-corrected chi connectivity index (χ0v) is 23.6. The molecule has 7 rings (SSSR count). The number of likely N-dealkylation sites (tertiary alicyclic amines) is 1. The van der Waals surface area contributed by atoms with Crippen molar-refractivity contribution in [2.75, 3.05) is 57.1 Å². The molecule has 2 aromatic carbocycles. The molecule has 4 aromatic rings. The molecule has 5 heterocycles. The molecule has 9 nitrogen and oxygen atoms in total. The summed E-state index contributed by atoms with van der Waals surface area (Å²) in [4.78, 5) is 13.4. The largest absolute Gasteiger partial charge is 0.489 e. The Labute approximate surface area is 243 Å². The van der Waals surface area contributed by atoms with Crippen LogP contribution in [0.3, 0.4) is 0 Å². The molecule has 2 N–H and O–H groups in total. The number of halogens is 3. The van der Waals surface area contributed by atoms with Gasteiger partial charge >= 0.3 is 6.01 Å². The average molecular weight is 599 g/mol. The first-order valence-electron chi connectivity index (χ1n) is 13.3. The third kappa shape index (κ3) is 4.22. The zero-order chi connectivity index (χ0) is 28.4. The van der Waals surface area contributed by atoms with Crippen LogP contribution in [0.5, 0.6) is 11.8 Å². The van der Waals surface area contributed by atoms with Crippen molar-refractivity contribution >= 4 is 54.7 Å². The van der Waals surface area contributed by atoms with Gasteiger partial charge in [-0.1, -0.05) is 17.7 Å². The Bertz CT molecular complexity index is 1760. The number of nitrogens with two attached hydrogens (primary N) is 1. The smallest absolute Gasteiger partial charge is 0.319 e. The van der Waals surface area contributed by atoms with E-state index in [2.05, 4.69) is 9.88 Å². The molecular formula is C28H25ClF2N6O3S. The fourth-order valence-electron chi connectivity index (χ4n) is 6.01. The summed E-state index contributed by atoms with van der Waals surface area (Å²) >= 11 is 7.84. The number of likely N-dealkylation sites (N-methyl/N-ethyl adjacent to an activating group) is 1. The highest BCUT2D eigenvalue weighted by Crippen LogP contribution is 2.50. The van der Waals surface area contributed by atoms with E-state index >= 15 is 4.39 Å². The van der Waals surface area contributed by atoms with E-state index in [-0.39, 0.29) is 72.8 Å². The maximum Gasteiger partial charge on any atom is 0.319 e. The summed E-state index contributed by atoms with van der Waals surface area (Å²) < 4.78 is 50.1. The van der Waals surface area contributed by atoms with Crippen LogP contribution >= 0.6 is 22.9 Å². The lowest BCUT2D eigenvalue weighted by atomic mass is 9.96. The molecule has 4 bridgehead atoms. The fraction of sp³-hybridized carbons (Fsp3) is 0.393. The van der Waals surface area contributed by atoms with Gasteiger partial charge in [0.1, 0.15) is 41.4 Å². The van der Waals surface area contributed by atoms with E-state index in [1.165, 1.54) is 12.1 Å². The number of hydrogen-bond acceptors (Lipinski definition) is 10. The Balaban J connectivity index is 1.48. The van der Waals surface area contributed by atoms with E-state index in [1.807, 2.05) is 18.0 Å². The minimum Gasteiger partial charge on any atom is -0.489 e. The number of hydrogen-bond donors (Lipinski definition) is 1. The molecule has 212 valence electrons. The molecule has 0 amide bonds. The number of rotatable bonds is 1. The van der Waals surface area contributed by atoms with Crippen LogP contribution in [0.2, 0.25) is 5.02 Å². The molecule has 0 saturated carbocycles. The summed E-state index contributed by atoms with van der Waals surface area (Å²) in [7, 11) is 2.02. The molecular weight excluding hydrogens is 574 g/mol. The first kappa shape index (κ1) is 26.4. The van der Waals surface area contributed by atoms with E-state index in [9.17, 15) is 9.65 Å². The number of thiophene rings is 1. The molecule has 0 spiro atoms. The van der Waals surface area contributed by atoms with Crippen LogP contribution in [0.1, 0.15) is 18.4 Å². The van der Waals surface area contributed by atoms with Crippen molar-refractivity contribution in [3.63, 3.8) is 0 Å². The lowest BCUT2D eigenvalue weighted by Crippen LogP contribution is -2.32. The lowest BCUT2D eigenvalue weighted by molar-refractivity contribution is 0.0597. The zero-order valence-electron chi connectivity index (χ0n) is 22.0. The SMILES string of the molecule is CN1C[C@@H]2C[C@H]1COc1nc3c4c(c(Cl)c(-c5ccc(F)c6sc(N)c(C#N)c56)c(F)c4n1)OCCN3CCCO2. The normalized spacial score (nSPS) is 21.1. The van der Waals surface area contributed by atoms with Crippen molar-refractivity contribution < 1.29 is 23.0 Å². The van der Waals surface area contributed by atoms with Gasteiger partial charge in [0.2, 0.25) is 0 Å². The van der Waals surface area contributed by atoms with Gasteiger partial charge in [0.25, 0.3) is 0 Å². The van der Waals surface area contributed by atoms with Crippen molar-refractivity contribution in [3.8, 4) is 29.0 Å². The second-order valence-corrected chi connectivity index (χ2v) is 11.9. The predicted molar refractivity (Wildman–Crippen MR) is 153 cm³/mol. The number of aromatic nitrogens is 2. The van der Waals surface area contributed by atoms with Gasteiger partial charge < -0.3 is 24.8 Å². The number of fused-ring (bicyclic) bond motifs is 4. The quantitative estimate of drug-likeness (QED) is 0.325. The maximum atomic E-state index is 16.8. The summed E-state index contributed by atoms with van der Waals surface area (Å²) in [6.45, 7) is 3.03. The first-order valence-corrected chi connectivity index (χ1v) is 14.5. The van der Waals surface area contributed by atoms with Gasteiger partial charge in [-0.3, -0.25) is 4.90 Å². The summed E-state index contributed by atoms with van der Waals surface area (Å²) in [5.41, 5.74) is 6.25. The van der Waals surface area contributed by atoms with Crippen LogP contribution in [-0.2, 0) is 4.74 Å². The van der Waals surface area contributed by atoms with Gasteiger partial charge in [-0.15, -0.1) is 11.3 Å². The molecule has 3 aliphatic rings. The van der Waals surface area contributed by atoms with Crippen LogP contribution < -0.4 is 20.1 Å². The standard InChI is InChI=1S/C28H25ClF2N6O3S/c1-36-11-14-9-13(36)12-40-28-34-23-20-24(39-8-6-37(27(20)35-28)5-2-7-38-14)21(29)19(22(23)31)15-3-4-17(30)25-18(15)16(10-32)26(33)41-25/h3-4,13-14H,2,5-9,11-12,33H2,1H3/t13-,14-/m0/s1. The summed E-state index contributed by atoms with van der Waals surface area (Å²) in [6, 6.07) is 4.78. The van der Waals surface area contributed by atoms with Crippen LogP contribution in [0.15, 0.2) is 12.1 Å². The van der Waals surface area contributed by atoms with E-state index in [4.69, 9.17) is 36.5 Å². The molecule has 2 aromatic heterocycles. The van der Waals surface area contributed by atoms with Crippen molar-refractivity contribution in [1.82, 2.24) is 14.9 Å². The van der Waals surface area contributed by atoms with Gasteiger partial charge in [0, 0.05) is 36.7 Å². The van der Waals surface area contributed by atoms with E-state index < -0.39 is 11.6 Å². The molecule has 0 aliphatic carbocycles. The molecule has 1 fully saturated rings. The Morgan fingerprint density at radius 3 is 2.85 bits per heavy atom. The van der Waals surface area contributed by atoms with Crippen LogP contribution in [0, 0.1) is 23.0 Å². The highest BCUT2D eigenvalue weighted by atomic mass is 35.5.